The lowest BCUT2D eigenvalue weighted by atomic mass is 10.1. The molecule has 1 saturated heterocycles. The van der Waals surface area contributed by atoms with E-state index in [0.29, 0.717) is 13.0 Å². The van der Waals surface area contributed by atoms with E-state index in [2.05, 4.69) is 29.0 Å². The van der Waals surface area contributed by atoms with Gasteiger partial charge in [-0.3, -0.25) is 4.79 Å². The Balaban J connectivity index is 1.40. The Morgan fingerprint density at radius 2 is 1.82 bits per heavy atom. The minimum atomic E-state index is 0.0638. The molecule has 28 heavy (non-hydrogen) atoms. The number of rotatable bonds is 7. The summed E-state index contributed by atoms with van der Waals surface area (Å²) in [5, 5.41) is 3.71. The van der Waals surface area contributed by atoms with Crippen LogP contribution in [-0.4, -0.2) is 36.2 Å². The highest BCUT2D eigenvalue weighted by molar-refractivity contribution is 6.30. The molecule has 1 aliphatic rings. The van der Waals surface area contributed by atoms with Crippen LogP contribution in [0.25, 0.3) is 0 Å². The lowest BCUT2D eigenvalue weighted by Gasteiger charge is -2.36. The van der Waals surface area contributed by atoms with Gasteiger partial charge in [0.15, 0.2) is 0 Å². The third-order valence-corrected chi connectivity index (χ3v) is 5.08. The predicted octanol–water partition coefficient (Wildman–Crippen LogP) is 3.99. The van der Waals surface area contributed by atoms with Gasteiger partial charge in [-0.1, -0.05) is 29.8 Å². The number of hydrogen-bond acceptors (Lipinski definition) is 4. The van der Waals surface area contributed by atoms with Crippen molar-refractivity contribution >= 4 is 23.3 Å². The van der Waals surface area contributed by atoms with Gasteiger partial charge in [-0.2, -0.15) is 0 Å². The van der Waals surface area contributed by atoms with Crippen molar-refractivity contribution in [2.24, 2.45) is 0 Å². The van der Waals surface area contributed by atoms with E-state index in [9.17, 15) is 4.79 Å². The molecule has 1 aromatic heterocycles. The zero-order valence-corrected chi connectivity index (χ0v) is 17.3. The van der Waals surface area contributed by atoms with Gasteiger partial charge in [0.1, 0.15) is 5.82 Å². The summed E-state index contributed by atoms with van der Waals surface area (Å²) in [6.07, 6.45) is 4.45. The summed E-state index contributed by atoms with van der Waals surface area (Å²) in [6, 6.07) is 11.8. The van der Waals surface area contributed by atoms with Crippen LogP contribution in [0, 0.1) is 0 Å². The molecule has 0 saturated carbocycles. The van der Waals surface area contributed by atoms with Crippen LogP contribution in [0.4, 0.5) is 5.82 Å². The number of ether oxygens (including phenoxy) is 1. The molecular formula is C22H28ClN3O2. The number of pyridine rings is 1. The van der Waals surface area contributed by atoms with E-state index >= 15 is 0 Å². The second-order valence-electron chi connectivity index (χ2n) is 7.44. The molecule has 150 valence electrons. The molecule has 5 nitrogen and oxygen atoms in total. The number of hydrogen-bond donors (Lipinski definition) is 1. The number of anilines is 1. The molecule has 0 bridgehead atoms. The van der Waals surface area contributed by atoms with E-state index in [-0.39, 0.29) is 18.1 Å². The quantitative estimate of drug-likeness (QED) is 0.762. The summed E-state index contributed by atoms with van der Waals surface area (Å²) in [7, 11) is 0. The van der Waals surface area contributed by atoms with Crippen LogP contribution in [-0.2, 0) is 22.5 Å². The third-order valence-electron chi connectivity index (χ3n) is 4.82. The van der Waals surface area contributed by atoms with Crippen molar-refractivity contribution < 1.29 is 9.53 Å². The van der Waals surface area contributed by atoms with Crippen LogP contribution in [0.5, 0.6) is 0 Å². The summed E-state index contributed by atoms with van der Waals surface area (Å²) in [6.45, 7) is 6.37. The normalized spacial score (nSPS) is 19.5. The topological polar surface area (TPSA) is 54.5 Å². The van der Waals surface area contributed by atoms with Crippen LogP contribution in [0.2, 0.25) is 5.02 Å². The van der Waals surface area contributed by atoms with Crippen molar-refractivity contribution in [2.45, 2.75) is 51.9 Å². The molecule has 1 fully saturated rings. The first-order valence-corrected chi connectivity index (χ1v) is 10.2. The number of carbonyl (C=O) groups is 1. The zero-order chi connectivity index (χ0) is 19.9. The minimum absolute atomic E-state index is 0.0638. The average Bonchev–Trinajstić information content (AvgIpc) is 2.67. The summed E-state index contributed by atoms with van der Waals surface area (Å²) in [5.74, 6) is 1.02. The number of benzene rings is 1. The summed E-state index contributed by atoms with van der Waals surface area (Å²) in [4.78, 5) is 18.9. The summed E-state index contributed by atoms with van der Waals surface area (Å²) in [5.41, 5.74) is 2.20. The maximum Gasteiger partial charge on any atom is 0.220 e. The molecule has 1 aliphatic heterocycles. The molecule has 1 amide bonds. The van der Waals surface area contributed by atoms with Gasteiger partial charge < -0.3 is 15.0 Å². The molecule has 1 aromatic carbocycles. The number of amides is 1. The Morgan fingerprint density at radius 1 is 1.14 bits per heavy atom. The van der Waals surface area contributed by atoms with Crippen LogP contribution in [0.3, 0.4) is 0 Å². The molecule has 0 aliphatic carbocycles. The number of halogens is 1. The van der Waals surface area contributed by atoms with Gasteiger partial charge in [0.2, 0.25) is 5.91 Å². The minimum Gasteiger partial charge on any atom is -0.372 e. The first kappa shape index (κ1) is 20.6. The van der Waals surface area contributed by atoms with Crippen molar-refractivity contribution in [3.8, 4) is 0 Å². The van der Waals surface area contributed by atoms with Crippen LogP contribution >= 0.6 is 11.6 Å². The molecule has 0 radical (unpaired) electrons. The highest BCUT2D eigenvalue weighted by Crippen LogP contribution is 2.18. The molecular weight excluding hydrogens is 374 g/mol. The second kappa shape index (κ2) is 9.89. The van der Waals surface area contributed by atoms with Gasteiger partial charge in [0.25, 0.3) is 0 Å². The molecule has 2 atom stereocenters. The fourth-order valence-electron chi connectivity index (χ4n) is 3.47. The van der Waals surface area contributed by atoms with Gasteiger partial charge in [-0.05, 0) is 56.0 Å². The first-order valence-electron chi connectivity index (χ1n) is 9.86. The molecule has 0 spiro atoms. The average molecular weight is 402 g/mol. The maximum absolute atomic E-state index is 12.1. The molecule has 0 unspecified atom stereocenters. The van der Waals surface area contributed by atoms with Crippen LogP contribution in [0.1, 0.15) is 37.8 Å². The van der Waals surface area contributed by atoms with Crippen molar-refractivity contribution in [3.05, 3.63) is 58.7 Å². The monoisotopic (exact) mass is 401 g/mol. The van der Waals surface area contributed by atoms with Crippen LogP contribution in [0.15, 0.2) is 42.6 Å². The largest absolute Gasteiger partial charge is 0.372 e. The highest BCUT2D eigenvalue weighted by Gasteiger charge is 2.22. The third kappa shape index (κ3) is 6.21. The Hall–Kier alpha value is -2.11. The maximum atomic E-state index is 12.1. The molecule has 6 heteroatoms. The fourth-order valence-corrected chi connectivity index (χ4v) is 3.59. The van der Waals surface area contributed by atoms with Gasteiger partial charge in [0, 0.05) is 37.3 Å². The Kier molecular flexibility index (Phi) is 7.29. The summed E-state index contributed by atoms with van der Waals surface area (Å²) >= 11 is 5.88. The van der Waals surface area contributed by atoms with Gasteiger partial charge in [-0.15, -0.1) is 0 Å². The van der Waals surface area contributed by atoms with E-state index in [1.807, 2.05) is 42.6 Å². The first-order chi connectivity index (χ1) is 13.5. The molecule has 1 N–H and O–H groups in total. The van der Waals surface area contributed by atoms with Crippen molar-refractivity contribution in [2.75, 3.05) is 18.0 Å². The number of morpholine rings is 1. The smallest absolute Gasteiger partial charge is 0.220 e. The number of nitrogens with zero attached hydrogens (tertiary/aromatic N) is 2. The van der Waals surface area contributed by atoms with Gasteiger partial charge >= 0.3 is 0 Å². The Bertz CT molecular complexity index is 754. The zero-order valence-electron chi connectivity index (χ0n) is 16.5. The number of aryl methyl sites for hydroxylation is 1. The van der Waals surface area contributed by atoms with E-state index in [1.54, 1.807) is 0 Å². The number of aromatic nitrogens is 1. The lowest BCUT2D eigenvalue weighted by Crippen LogP contribution is -2.45. The van der Waals surface area contributed by atoms with E-state index in [4.69, 9.17) is 16.3 Å². The van der Waals surface area contributed by atoms with E-state index in [0.717, 1.165) is 42.3 Å². The summed E-state index contributed by atoms with van der Waals surface area (Å²) < 4.78 is 5.77. The Labute approximate surface area is 172 Å². The lowest BCUT2D eigenvalue weighted by molar-refractivity contribution is -0.121. The molecule has 3 rings (SSSR count). The Morgan fingerprint density at radius 3 is 2.46 bits per heavy atom. The molecule has 2 aromatic rings. The standard InChI is InChI=1S/C22H28ClN3O2/c1-16-14-26(15-17(2)28-16)21-11-8-19(12-24-21)13-25-22(27)5-3-4-18-6-9-20(23)10-7-18/h6-12,16-17H,3-5,13-15H2,1-2H3,(H,25,27)/t16-,17-/m1/s1. The van der Waals surface area contributed by atoms with Crippen molar-refractivity contribution in [1.82, 2.24) is 10.3 Å². The van der Waals surface area contributed by atoms with Gasteiger partial charge in [-0.25, -0.2) is 4.98 Å². The molecule has 2 heterocycles. The van der Waals surface area contributed by atoms with E-state index in [1.165, 1.54) is 5.56 Å². The number of carbonyl (C=O) groups excluding carboxylic acids is 1. The van der Waals surface area contributed by atoms with Crippen molar-refractivity contribution in [3.63, 3.8) is 0 Å². The van der Waals surface area contributed by atoms with Crippen molar-refractivity contribution in [1.29, 1.82) is 0 Å². The second-order valence-corrected chi connectivity index (χ2v) is 7.88. The number of nitrogens with one attached hydrogen (secondary N) is 1. The van der Waals surface area contributed by atoms with Gasteiger partial charge in [0.05, 0.1) is 12.2 Å². The fraction of sp³-hybridized carbons (Fsp3) is 0.455. The van der Waals surface area contributed by atoms with E-state index < -0.39 is 0 Å². The highest BCUT2D eigenvalue weighted by atomic mass is 35.5. The predicted molar refractivity (Wildman–Crippen MR) is 113 cm³/mol. The SMILES string of the molecule is C[C@@H]1CN(c2ccc(CNC(=O)CCCc3ccc(Cl)cc3)cn2)C[C@@H](C)O1. The van der Waals surface area contributed by atoms with Crippen LogP contribution < -0.4 is 10.2 Å².